The number of carbonyl (C=O) groups is 2. The largest absolute Gasteiger partial charge is 0.472 e. The molecule has 1 fully saturated rings. The van der Waals surface area contributed by atoms with Gasteiger partial charge in [-0.1, -0.05) is 39.1 Å². The molecule has 2 aliphatic rings. The van der Waals surface area contributed by atoms with Crippen LogP contribution >= 0.6 is 39.1 Å². The molecule has 39 heavy (non-hydrogen) atoms. The third-order valence-corrected chi connectivity index (χ3v) is 7.61. The number of nitrogens with zero attached hydrogens (tertiary/aromatic N) is 2. The van der Waals surface area contributed by atoms with Crippen LogP contribution in [0.5, 0.6) is 5.75 Å². The molecule has 1 saturated heterocycles. The van der Waals surface area contributed by atoms with Crippen molar-refractivity contribution in [1.29, 1.82) is 0 Å². The van der Waals surface area contributed by atoms with Crippen molar-refractivity contribution in [3.63, 3.8) is 0 Å². The van der Waals surface area contributed by atoms with Crippen LogP contribution in [0.3, 0.4) is 0 Å². The zero-order valence-corrected chi connectivity index (χ0v) is 23.6. The van der Waals surface area contributed by atoms with E-state index in [0.29, 0.717) is 36.5 Å². The number of hydrogen-bond acceptors (Lipinski definition) is 6. The summed E-state index contributed by atoms with van der Waals surface area (Å²) in [6.45, 7) is 1.46. The molecule has 0 N–H and O–H groups in total. The molecule has 0 radical (unpaired) electrons. The predicted molar refractivity (Wildman–Crippen MR) is 146 cm³/mol. The molecule has 0 bridgehead atoms. The van der Waals surface area contributed by atoms with E-state index in [2.05, 4.69) is 15.9 Å². The number of fused-ring (bicyclic) bond motifs is 1. The molecule has 3 aromatic rings. The molecule has 0 saturated carbocycles. The minimum Gasteiger partial charge on any atom is -0.472 e. The highest BCUT2D eigenvalue weighted by Crippen LogP contribution is 2.42. The Kier molecular flexibility index (Phi) is 8.00. The lowest BCUT2D eigenvalue weighted by Crippen LogP contribution is -2.38. The molecular formula is C27H21BrCl2F2N2O5. The molecular weight excluding hydrogens is 621 g/mol. The van der Waals surface area contributed by atoms with E-state index in [9.17, 15) is 9.59 Å². The van der Waals surface area contributed by atoms with Crippen molar-refractivity contribution < 1.29 is 32.6 Å². The number of methoxy groups -OCH3 is 1. The van der Waals surface area contributed by atoms with Crippen molar-refractivity contribution in [2.24, 2.45) is 0 Å². The minimum absolute atomic E-state index is 0.0599. The number of esters is 1. The third-order valence-electron chi connectivity index (χ3n) is 6.56. The van der Waals surface area contributed by atoms with Crippen molar-refractivity contribution in [3.05, 3.63) is 79.2 Å². The second kappa shape index (κ2) is 11.3. The third kappa shape index (κ3) is 5.30. The van der Waals surface area contributed by atoms with Crippen LogP contribution in [0, 0.1) is 11.6 Å². The standard InChI is InChI=1S/C27H21BrCl2F2N2O5/c1-37-27(36)17-10-22(32)16(11-23(17)33-4-6-38-7-5-33)15-2-3-21(31)18-12-34(13-39-25(15)18)26(35)24-19(29)8-14(28)9-20(24)30/h2-3,8-11H,4-7,12-13H2,1H3. The van der Waals surface area contributed by atoms with Crippen LogP contribution in [0.25, 0.3) is 11.1 Å². The van der Waals surface area contributed by atoms with Crippen molar-refractivity contribution in [2.45, 2.75) is 6.54 Å². The van der Waals surface area contributed by atoms with Crippen LogP contribution < -0.4 is 9.64 Å². The van der Waals surface area contributed by atoms with E-state index in [0.717, 1.165) is 6.07 Å². The van der Waals surface area contributed by atoms with Crippen LogP contribution in [0.4, 0.5) is 14.5 Å². The van der Waals surface area contributed by atoms with Crippen molar-refractivity contribution in [3.8, 4) is 16.9 Å². The summed E-state index contributed by atoms with van der Waals surface area (Å²) in [7, 11) is 1.23. The van der Waals surface area contributed by atoms with Gasteiger partial charge in [-0.05, 0) is 36.4 Å². The maximum atomic E-state index is 15.5. The Labute approximate surface area is 241 Å². The highest BCUT2D eigenvalue weighted by atomic mass is 79.9. The summed E-state index contributed by atoms with van der Waals surface area (Å²) in [4.78, 5) is 28.9. The second-order valence-electron chi connectivity index (χ2n) is 8.86. The van der Waals surface area contributed by atoms with Crippen molar-refractivity contribution >= 4 is 56.7 Å². The first-order chi connectivity index (χ1) is 18.7. The van der Waals surface area contributed by atoms with Gasteiger partial charge in [0.05, 0.1) is 59.3 Å². The molecule has 0 spiro atoms. The van der Waals surface area contributed by atoms with Crippen LogP contribution in [-0.4, -0.2) is 56.9 Å². The fourth-order valence-electron chi connectivity index (χ4n) is 4.65. The zero-order chi connectivity index (χ0) is 27.8. The van der Waals surface area contributed by atoms with E-state index in [-0.39, 0.29) is 56.9 Å². The summed E-state index contributed by atoms with van der Waals surface area (Å²) >= 11 is 15.8. The molecule has 0 unspecified atom stereocenters. The maximum absolute atomic E-state index is 15.5. The summed E-state index contributed by atoms with van der Waals surface area (Å²) in [5, 5.41) is 0.255. The Morgan fingerprint density at radius 1 is 1.00 bits per heavy atom. The SMILES string of the molecule is COC(=O)c1cc(F)c(-c2ccc(F)c3c2OCN(C(=O)c2c(Cl)cc(Br)cc2Cl)C3)cc1N1CCOCC1. The number of carbonyl (C=O) groups excluding carboxylic acids is 2. The Morgan fingerprint density at radius 2 is 1.69 bits per heavy atom. The monoisotopic (exact) mass is 640 g/mol. The lowest BCUT2D eigenvalue weighted by atomic mass is 9.96. The van der Waals surface area contributed by atoms with Crippen LogP contribution in [0.2, 0.25) is 10.0 Å². The van der Waals surface area contributed by atoms with Gasteiger partial charge in [0, 0.05) is 28.7 Å². The van der Waals surface area contributed by atoms with Gasteiger partial charge < -0.3 is 24.0 Å². The molecule has 0 aliphatic carbocycles. The van der Waals surface area contributed by atoms with Gasteiger partial charge in [-0.15, -0.1) is 0 Å². The van der Waals surface area contributed by atoms with Gasteiger partial charge in [-0.25, -0.2) is 13.6 Å². The fourth-order valence-corrected chi connectivity index (χ4v) is 6.02. The molecule has 0 atom stereocenters. The normalized spacial score (nSPS) is 15.0. The van der Waals surface area contributed by atoms with Gasteiger partial charge in [-0.3, -0.25) is 4.79 Å². The van der Waals surface area contributed by atoms with E-state index >= 15 is 8.78 Å². The van der Waals surface area contributed by atoms with Crippen molar-refractivity contribution in [1.82, 2.24) is 4.90 Å². The number of benzene rings is 3. The van der Waals surface area contributed by atoms with Crippen LogP contribution in [-0.2, 0) is 16.0 Å². The zero-order valence-electron chi connectivity index (χ0n) is 20.5. The van der Waals surface area contributed by atoms with Gasteiger partial charge in [0.2, 0.25) is 0 Å². The molecule has 3 aromatic carbocycles. The summed E-state index contributed by atoms with van der Waals surface area (Å²) in [5.74, 6) is -2.46. The highest BCUT2D eigenvalue weighted by Gasteiger charge is 2.31. The number of rotatable bonds is 4. The minimum atomic E-state index is -0.711. The van der Waals surface area contributed by atoms with E-state index in [1.165, 1.54) is 42.3 Å². The predicted octanol–water partition coefficient (Wildman–Crippen LogP) is 6.32. The number of amides is 1. The van der Waals surface area contributed by atoms with E-state index in [1.54, 1.807) is 0 Å². The van der Waals surface area contributed by atoms with Gasteiger partial charge in [0.15, 0.2) is 6.73 Å². The number of anilines is 1. The van der Waals surface area contributed by atoms with Gasteiger partial charge in [-0.2, -0.15) is 0 Å². The molecule has 2 heterocycles. The Balaban J connectivity index is 1.55. The van der Waals surface area contributed by atoms with Gasteiger partial charge >= 0.3 is 5.97 Å². The molecule has 0 aromatic heterocycles. The quantitative estimate of drug-likeness (QED) is 0.311. The lowest BCUT2D eigenvalue weighted by Gasteiger charge is -2.32. The Morgan fingerprint density at radius 3 is 2.36 bits per heavy atom. The van der Waals surface area contributed by atoms with Gasteiger partial charge in [0.1, 0.15) is 17.4 Å². The summed E-state index contributed by atoms with van der Waals surface area (Å²) in [6, 6.07) is 8.30. The first-order valence-electron chi connectivity index (χ1n) is 11.8. The maximum Gasteiger partial charge on any atom is 0.340 e. The highest BCUT2D eigenvalue weighted by molar-refractivity contribution is 9.10. The Hall–Kier alpha value is -2.92. The summed E-state index contributed by atoms with van der Waals surface area (Å²) in [5.41, 5.74) is 1.05. The summed E-state index contributed by atoms with van der Waals surface area (Å²) < 4.78 is 47.3. The summed E-state index contributed by atoms with van der Waals surface area (Å²) in [6.07, 6.45) is 0. The topological polar surface area (TPSA) is 68.3 Å². The molecule has 2 aliphatic heterocycles. The van der Waals surface area contributed by atoms with Crippen LogP contribution in [0.1, 0.15) is 26.3 Å². The molecule has 12 heteroatoms. The Bertz CT molecular complexity index is 1460. The first kappa shape index (κ1) is 27.6. The van der Waals surface area contributed by atoms with Crippen molar-refractivity contribution in [2.75, 3.05) is 45.0 Å². The molecule has 204 valence electrons. The average molecular weight is 642 g/mol. The molecule has 5 rings (SSSR count). The van der Waals surface area contributed by atoms with E-state index in [4.69, 9.17) is 37.4 Å². The average Bonchev–Trinajstić information content (AvgIpc) is 2.92. The fraction of sp³-hybridized carbons (Fsp3) is 0.259. The molecule has 7 nitrogen and oxygen atoms in total. The first-order valence-corrected chi connectivity index (χ1v) is 13.4. The van der Waals surface area contributed by atoms with Gasteiger partial charge in [0.25, 0.3) is 5.91 Å². The van der Waals surface area contributed by atoms with E-state index < -0.39 is 23.5 Å². The number of halogens is 5. The van der Waals surface area contributed by atoms with E-state index in [1.807, 2.05) is 4.90 Å². The lowest BCUT2D eigenvalue weighted by molar-refractivity contribution is 0.0509. The second-order valence-corrected chi connectivity index (χ2v) is 10.6. The number of ether oxygens (including phenoxy) is 3. The number of hydrogen-bond donors (Lipinski definition) is 0. The van der Waals surface area contributed by atoms with Crippen LogP contribution in [0.15, 0.2) is 40.9 Å². The molecule has 1 amide bonds. The number of morpholine rings is 1. The smallest absolute Gasteiger partial charge is 0.340 e.